The summed E-state index contributed by atoms with van der Waals surface area (Å²) in [4.78, 5) is 6.48. The van der Waals surface area contributed by atoms with Crippen molar-refractivity contribution in [1.29, 1.82) is 0 Å². The largest absolute Gasteiger partial charge is 0.331 e. The van der Waals surface area contributed by atoms with Gasteiger partial charge in [-0.15, -0.1) is 0 Å². The van der Waals surface area contributed by atoms with Crippen molar-refractivity contribution in [2.45, 2.75) is 39.5 Å². The molecule has 2 aromatic rings. The van der Waals surface area contributed by atoms with E-state index in [4.69, 9.17) is 24.4 Å². The maximum Gasteiger partial charge on any atom is 0.116 e. The Morgan fingerprint density at radius 3 is 1.30 bits per heavy atom. The van der Waals surface area contributed by atoms with E-state index < -0.39 is 0 Å². The van der Waals surface area contributed by atoms with Gasteiger partial charge in [0.15, 0.2) is 0 Å². The lowest BCUT2D eigenvalue weighted by molar-refractivity contribution is 0.550. The fourth-order valence-electron chi connectivity index (χ4n) is 4.25. The molecule has 0 atom stereocenters. The van der Waals surface area contributed by atoms with Crippen LogP contribution in [0.15, 0.2) is 71.8 Å². The number of rotatable bonds is 8. The Balaban J connectivity index is 1.94. The summed E-state index contributed by atoms with van der Waals surface area (Å²) in [5.41, 5.74) is 7.03. The Labute approximate surface area is 190 Å². The van der Waals surface area contributed by atoms with Crippen molar-refractivity contribution in [3.8, 4) is 0 Å². The summed E-state index contributed by atoms with van der Waals surface area (Å²) in [5, 5.41) is 0. The number of fused-ring (bicyclic) bond motifs is 1. The van der Waals surface area contributed by atoms with Crippen molar-refractivity contribution in [3.63, 3.8) is 0 Å². The molecule has 2 nitrogen and oxygen atoms in total. The van der Waals surface area contributed by atoms with Gasteiger partial charge in [-0.2, -0.15) is 0 Å². The van der Waals surface area contributed by atoms with Crippen LogP contribution in [0.25, 0.3) is 11.4 Å². The molecule has 2 heterocycles. The third-order valence-corrected chi connectivity index (χ3v) is 6.60. The smallest absolute Gasteiger partial charge is 0.116 e. The Bertz CT molecular complexity index is 922. The zero-order chi connectivity index (χ0) is 21.1. The average molecular weight is 433 g/mol. The monoisotopic (exact) mass is 432 g/mol. The van der Waals surface area contributed by atoms with Crippen LogP contribution in [0.2, 0.25) is 0 Å². The van der Waals surface area contributed by atoms with Gasteiger partial charge in [-0.25, -0.2) is 0 Å². The molecule has 154 valence electrons. The SMILES string of the molecule is CCCCN1C(=S)C2=C(c3ccccc3)N(CCCC)C(=S)C2=C1c1ccccc1. The third kappa shape index (κ3) is 3.63. The highest BCUT2D eigenvalue weighted by Crippen LogP contribution is 2.47. The van der Waals surface area contributed by atoms with Gasteiger partial charge in [-0.3, -0.25) is 0 Å². The van der Waals surface area contributed by atoms with Gasteiger partial charge in [-0.1, -0.05) is 112 Å². The van der Waals surface area contributed by atoms with E-state index in [0.29, 0.717) is 0 Å². The Hall–Kier alpha value is -2.30. The van der Waals surface area contributed by atoms with Crippen LogP contribution in [-0.4, -0.2) is 32.9 Å². The van der Waals surface area contributed by atoms with Crippen molar-refractivity contribution in [2.75, 3.05) is 13.1 Å². The molecule has 2 aliphatic rings. The van der Waals surface area contributed by atoms with Crippen LogP contribution in [-0.2, 0) is 0 Å². The van der Waals surface area contributed by atoms with E-state index in [1.165, 1.54) is 22.5 Å². The summed E-state index contributed by atoms with van der Waals surface area (Å²) in [6.07, 6.45) is 4.47. The van der Waals surface area contributed by atoms with Crippen molar-refractivity contribution >= 4 is 45.8 Å². The van der Waals surface area contributed by atoms with Gasteiger partial charge in [0.05, 0.1) is 11.4 Å². The first-order valence-electron chi connectivity index (χ1n) is 10.9. The minimum atomic E-state index is 0.914. The van der Waals surface area contributed by atoms with Gasteiger partial charge in [0.1, 0.15) is 9.98 Å². The summed E-state index contributed by atoms with van der Waals surface area (Å²) >= 11 is 12.2. The van der Waals surface area contributed by atoms with Crippen molar-refractivity contribution in [2.24, 2.45) is 0 Å². The Kier molecular flexibility index (Phi) is 6.45. The molecule has 0 fully saturated rings. The third-order valence-electron chi connectivity index (χ3n) is 5.75. The van der Waals surface area contributed by atoms with Crippen LogP contribution in [0.4, 0.5) is 0 Å². The van der Waals surface area contributed by atoms with Crippen LogP contribution >= 0.6 is 24.4 Å². The molecule has 4 rings (SSSR count). The summed E-state index contributed by atoms with van der Waals surface area (Å²) < 4.78 is 0. The fourth-order valence-corrected chi connectivity index (χ4v) is 5.01. The molecular weight excluding hydrogens is 404 g/mol. The number of unbranched alkanes of at least 4 members (excludes halogenated alkanes) is 2. The molecular formula is C26H28N2S2. The molecule has 30 heavy (non-hydrogen) atoms. The van der Waals surface area contributed by atoms with E-state index in [9.17, 15) is 0 Å². The zero-order valence-electron chi connectivity index (χ0n) is 17.7. The number of hydrogen-bond donors (Lipinski definition) is 0. The summed E-state index contributed by atoms with van der Waals surface area (Å²) in [6, 6.07) is 21.2. The predicted octanol–water partition coefficient (Wildman–Crippen LogP) is 6.70. The molecule has 4 heteroatoms. The lowest BCUT2D eigenvalue weighted by Crippen LogP contribution is -2.29. The Morgan fingerprint density at radius 1 is 0.600 bits per heavy atom. The Morgan fingerprint density at radius 2 is 0.967 bits per heavy atom. The molecule has 0 spiro atoms. The van der Waals surface area contributed by atoms with Crippen molar-refractivity contribution in [3.05, 3.63) is 82.9 Å². The van der Waals surface area contributed by atoms with Gasteiger partial charge in [0.2, 0.25) is 0 Å². The molecule has 0 unspecified atom stereocenters. The average Bonchev–Trinajstić information content (AvgIpc) is 3.23. The number of nitrogens with zero attached hydrogens (tertiary/aromatic N) is 2. The molecule has 2 aromatic carbocycles. The minimum Gasteiger partial charge on any atom is -0.331 e. The van der Waals surface area contributed by atoms with E-state index >= 15 is 0 Å². The summed E-state index contributed by atoms with van der Waals surface area (Å²) in [6.45, 7) is 6.29. The molecule has 0 aromatic heterocycles. The minimum absolute atomic E-state index is 0.914. The van der Waals surface area contributed by atoms with Gasteiger partial charge < -0.3 is 9.80 Å². The standard InChI is InChI=1S/C26H28N2S2/c1-3-5-17-27-23(19-13-9-7-10-14-19)21-22(25(27)29)24(20-15-11-8-12-16-20)28(26(21)30)18-6-4-2/h7-16H,3-6,17-18H2,1-2H3. The van der Waals surface area contributed by atoms with E-state index in [2.05, 4.69) is 84.3 Å². The molecule has 0 saturated carbocycles. The molecule has 2 aliphatic heterocycles. The molecule has 0 radical (unpaired) electrons. The van der Waals surface area contributed by atoms with Gasteiger partial charge >= 0.3 is 0 Å². The number of thiocarbonyl (C=S) groups is 2. The van der Waals surface area contributed by atoms with Crippen molar-refractivity contribution < 1.29 is 0 Å². The molecule has 0 bridgehead atoms. The van der Waals surface area contributed by atoms with E-state index in [-0.39, 0.29) is 0 Å². The van der Waals surface area contributed by atoms with Crippen LogP contribution in [0, 0.1) is 0 Å². The zero-order valence-corrected chi connectivity index (χ0v) is 19.4. The number of hydrogen-bond acceptors (Lipinski definition) is 2. The van der Waals surface area contributed by atoms with Gasteiger partial charge in [-0.05, 0) is 24.0 Å². The highest BCUT2D eigenvalue weighted by Gasteiger charge is 2.44. The first-order valence-corrected chi connectivity index (χ1v) is 11.7. The fraction of sp³-hybridized carbons (Fsp3) is 0.308. The lowest BCUT2D eigenvalue weighted by atomic mass is 10.0. The summed E-state index contributed by atoms with van der Waals surface area (Å²) in [7, 11) is 0. The molecule has 0 amide bonds. The normalized spacial score (nSPS) is 16.2. The van der Waals surface area contributed by atoms with Crippen LogP contribution in [0.3, 0.4) is 0 Å². The maximum absolute atomic E-state index is 6.10. The predicted molar refractivity (Wildman–Crippen MR) is 135 cm³/mol. The first kappa shape index (κ1) is 21.0. The highest BCUT2D eigenvalue weighted by atomic mass is 32.1. The molecule has 0 saturated heterocycles. The van der Waals surface area contributed by atoms with E-state index in [1.54, 1.807) is 0 Å². The maximum atomic E-state index is 6.10. The van der Waals surface area contributed by atoms with Crippen LogP contribution in [0.5, 0.6) is 0 Å². The van der Waals surface area contributed by atoms with E-state index in [1.807, 2.05) is 0 Å². The van der Waals surface area contributed by atoms with E-state index in [0.717, 1.165) is 59.9 Å². The first-order chi connectivity index (χ1) is 14.7. The second kappa shape index (κ2) is 9.23. The quantitative estimate of drug-likeness (QED) is 0.428. The summed E-state index contributed by atoms with van der Waals surface area (Å²) in [5.74, 6) is 0. The topological polar surface area (TPSA) is 6.48 Å². The van der Waals surface area contributed by atoms with Gasteiger partial charge in [0.25, 0.3) is 0 Å². The number of benzene rings is 2. The van der Waals surface area contributed by atoms with Crippen LogP contribution < -0.4 is 0 Å². The lowest BCUT2D eigenvalue weighted by Gasteiger charge is -2.27. The second-order valence-corrected chi connectivity index (χ2v) is 8.57. The van der Waals surface area contributed by atoms with Gasteiger partial charge in [0, 0.05) is 24.2 Å². The van der Waals surface area contributed by atoms with Crippen LogP contribution in [0.1, 0.15) is 50.7 Å². The van der Waals surface area contributed by atoms with Crippen molar-refractivity contribution in [1.82, 2.24) is 9.80 Å². The molecule has 0 aliphatic carbocycles. The molecule has 0 N–H and O–H groups in total. The second-order valence-electron chi connectivity index (χ2n) is 7.80. The highest BCUT2D eigenvalue weighted by molar-refractivity contribution is 7.81.